The highest BCUT2D eigenvalue weighted by atomic mass is 32.2. The molecule has 0 unspecified atom stereocenters. The fraction of sp³-hybridized carbons (Fsp3) is 0.654. The topological polar surface area (TPSA) is 89.3 Å². The number of ether oxygens (including phenoxy) is 2. The van der Waals surface area contributed by atoms with Gasteiger partial charge in [0.2, 0.25) is 11.8 Å². The van der Waals surface area contributed by atoms with E-state index < -0.39 is 23.4 Å². The van der Waals surface area contributed by atoms with Crippen LogP contribution in [0.5, 0.6) is 0 Å². The Bertz CT molecular complexity index is 978. The zero-order valence-electron chi connectivity index (χ0n) is 21.2. The van der Waals surface area contributed by atoms with Crippen LogP contribution in [-0.2, 0) is 30.4 Å². The number of nitrogens with zero attached hydrogens (tertiary/aromatic N) is 2. The van der Waals surface area contributed by atoms with Crippen molar-refractivity contribution in [2.75, 3.05) is 31.7 Å². The Kier molecular flexibility index (Phi) is 7.38. The highest BCUT2D eigenvalue weighted by Crippen LogP contribution is 2.52. The molecule has 2 fully saturated rings. The van der Waals surface area contributed by atoms with Gasteiger partial charge >= 0.3 is 5.97 Å². The van der Waals surface area contributed by atoms with E-state index >= 15 is 0 Å². The first-order valence-corrected chi connectivity index (χ1v) is 13.4. The fourth-order valence-electron chi connectivity index (χ4n) is 5.32. The average molecular weight is 505 g/mol. The molecule has 0 bridgehead atoms. The first-order chi connectivity index (χ1) is 16.6. The van der Waals surface area contributed by atoms with Crippen molar-refractivity contribution in [2.45, 2.75) is 59.3 Å². The fourth-order valence-corrected chi connectivity index (χ4v) is 6.22. The maximum absolute atomic E-state index is 13.9. The Morgan fingerprint density at radius 2 is 1.97 bits per heavy atom. The van der Waals surface area contributed by atoms with Crippen LogP contribution in [-0.4, -0.2) is 71.5 Å². The Morgan fingerprint density at radius 3 is 2.57 bits per heavy atom. The van der Waals surface area contributed by atoms with Gasteiger partial charge in [0.15, 0.2) is 0 Å². The molecule has 2 amide bonds. The molecule has 3 aliphatic rings. The van der Waals surface area contributed by atoms with E-state index in [-0.39, 0.29) is 42.7 Å². The number of hydrogen-bond acceptors (Lipinski definition) is 7. The number of furan rings is 1. The smallest absolute Gasteiger partial charge is 0.320 e. The summed E-state index contributed by atoms with van der Waals surface area (Å²) in [7, 11) is 1.36. The second kappa shape index (κ2) is 10.0. The van der Waals surface area contributed by atoms with Gasteiger partial charge in [-0.05, 0) is 37.0 Å². The standard InChI is InChI=1S/C26H36N2O6S/c1-17-26(24(31)32-5)15-18(13-22(29)27-8-11-35-12-9-27)23(30)28(16-19-7-6-10-33-19)20(26)14-21(34-17)25(2,3)4/h6-7,10,14,17-18,21H,8-9,11-13,15-16H2,1-5H3/t17-,18+,21-,26+/m1/s1. The minimum atomic E-state index is -1.19. The highest BCUT2D eigenvalue weighted by molar-refractivity contribution is 7.99. The van der Waals surface area contributed by atoms with Crippen LogP contribution in [0.2, 0.25) is 0 Å². The van der Waals surface area contributed by atoms with E-state index in [1.807, 2.05) is 29.7 Å². The minimum absolute atomic E-state index is 0.0500. The van der Waals surface area contributed by atoms with Crippen molar-refractivity contribution in [2.24, 2.45) is 16.7 Å². The number of methoxy groups -OCH3 is 1. The normalized spacial score (nSPS) is 29.5. The van der Waals surface area contributed by atoms with Crippen molar-refractivity contribution in [3.63, 3.8) is 0 Å². The number of carbonyl (C=O) groups excluding carboxylic acids is 3. The van der Waals surface area contributed by atoms with E-state index in [2.05, 4.69) is 20.8 Å². The third-order valence-electron chi connectivity index (χ3n) is 7.37. The first-order valence-electron chi connectivity index (χ1n) is 12.2. The van der Waals surface area contributed by atoms with Gasteiger partial charge in [0.05, 0.1) is 32.1 Å². The summed E-state index contributed by atoms with van der Waals surface area (Å²) in [6.07, 6.45) is 2.84. The summed E-state index contributed by atoms with van der Waals surface area (Å²) in [5.74, 6) is 1.05. The molecule has 0 aliphatic carbocycles. The van der Waals surface area contributed by atoms with E-state index in [1.54, 1.807) is 23.3 Å². The number of esters is 1. The second-order valence-corrected chi connectivity index (χ2v) is 11.9. The van der Waals surface area contributed by atoms with Gasteiger partial charge in [0.1, 0.15) is 11.2 Å². The molecule has 4 atom stereocenters. The number of rotatable bonds is 5. The number of hydrogen-bond donors (Lipinski definition) is 0. The van der Waals surface area contributed by atoms with E-state index in [0.29, 0.717) is 24.5 Å². The summed E-state index contributed by atoms with van der Waals surface area (Å²) in [6, 6.07) is 3.57. The molecule has 35 heavy (non-hydrogen) atoms. The Balaban J connectivity index is 1.76. The molecular weight excluding hydrogens is 468 g/mol. The molecule has 0 radical (unpaired) electrons. The van der Waals surface area contributed by atoms with E-state index in [0.717, 1.165) is 11.5 Å². The van der Waals surface area contributed by atoms with Crippen molar-refractivity contribution in [3.05, 3.63) is 35.9 Å². The molecule has 9 heteroatoms. The first kappa shape index (κ1) is 25.8. The summed E-state index contributed by atoms with van der Waals surface area (Å²) in [4.78, 5) is 44.0. The molecule has 1 aromatic rings. The summed E-state index contributed by atoms with van der Waals surface area (Å²) in [6.45, 7) is 9.59. The van der Waals surface area contributed by atoms with Crippen molar-refractivity contribution in [1.82, 2.24) is 9.80 Å². The van der Waals surface area contributed by atoms with Crippen molar-refractivity contribution in [1.29, 1.82) is 0 Å². The van der Waals surface area contributed by atoms with Crippen LogP contribution >= 0.6 is 11.8 Å². The Labute approximate surface area is 211 Å². The molecule has 1 aromatic heterocycles. The molecule has 2 saturated heterocycles. The lowest BCUT2D eigenvalue weighted by Gasteiger charge is -2.52. The van der Waals surface area contributed by atoms with Crippen LogP contribution in [0.4, 0.5) is 0 Å². The number of carbonyl (C=O) groups is 3. The molecule has 3 aliphatic heterocycles. The van der Waals surface area contributed by atoms with Gasteiger partial charge < -0.3 is 23.7 Å². The van der Waals surface area contributed by atoms with Crippen LogP contribution in [0.15, 0.2) is 34.6 Å². The van der Waals surface area contributed by atoms with Crippen LogP contribution < -0.4 is 0 Å². The van der Waals surface area contributed by atoms with Crippen LogP contribution in [0.3, 0.4) is 0 Å². The Morgan fingerprint density at radius 1 is 1.26 bits per heavy atom. The number of thioether (sulfide) groups is 1. The Hall–Kier alpha value is -2.26. The average Bonchev–Trinajstić information content (AvgIpc) is 3.34. The molecule has 4 rings (SSSR count). The van der Waals surface area contributed by atoms with Crippen molar-refractivity contribution >= 4 is 29.5 Å². The van der Waals surface area contributed by atoms with Gasteiger partial charge in [-0.3, -0.25) is 14.4 Å². The monoisotopic (exact) mass is 504 g/mol. The third kappa shape index (κ3) is 4.89. The molecule has 0 N–H and O–H groups in total. The van der Waals surface area contributed by atoms with Crippen molar-refractivity contribution in [3.8, 4) is 0 Å². The summed E-state index contributed by atoms with van der Waals surface area (Å²) in [5, 5.41) is 0. The summed E-state index contributed by atoms with van der Waals surface area (Å²) >= 11 is 1.82. The number of likely N-dealkylation sites (tertiary alicyclic amines) is 1. The summed E-state index contributed by atoms with van der Waals surface area (Å²) < 4.78 is 17.3. The lowest BCUT2D eigenvalue weighted by molar-refractivity contribution is -0.180. The van der Waals surface area contributed by atoms with E-state index in [1.165, 1.54) is 7.11 Å². The van der Waals surface area contributed by atoms with Crippen molar-refractivity contribution < 1.29 is 28.3 Å². The molecule has 4 heterocycles. The van der Waals surface area contributed by atoms with Gasteiger partial charge in [-0.1, -0.05) is 20.8 Å². The zero-order chi connectivity index (χ0) is 25.4. The lowest BCUT2D eigenvalue weighted by atomic mass is 9.65. The second-order valence-electron chi connectivity index (χ2n) is 10.7. The number of piperidine rings is 1. The molecule has 0 spiro atoms. The van der Waals surface area contributed by atoms with Crippen LogP contribution in [0.25, 0.3) is 0 Å². The quantitative estimate of drug-likeness (QED) is 0.567. The molecule has 192 valence electrons. The van der Waals surface area contributed by atoms with Gasteiger partial charge in [0, 0.05) is 42.6 Å². The van der Waals surface area contributed by atoms with E-state index in [4.69, 9.17) is 13.9 Å². The SMILES string of the molecule is COC(=O)[C@]12C[C@H](CC(=O)N3CCSCC3)C(=O)N(Cc3ccco3)C1=C[C@H](C(C)(C)C)O[C@@H]2C. The maximum atomic E-state index is 13.9. The van der Waals surface area contributed by atoms with Gasteiger partial charge in [-0.15, -0.1) is 0 Å². The highest BCUT2D eigenvalue weighted by Gasteiger charge is 2.60. The maximum Gasteiger partial charge on any atom is 0.320 e. The molecule has 0 saturated carbocycles. The van der Waals surface area contributed by atoms with Gasteiger partial charge in [-0.2, -0.15) is 11.8 Å². The van der Waals surface area contributed by atoms with Gasteiger partial charge in [-0.25, -0.2) is 0 Å². The number of fused-ring (bicyclic) bond motifs is 1. The minimum Gasteiger partial charge on any atom is -0.468 e. The van der Waals surface area contributed by atoms with Gasteiger partial charge in [0.25, 0.3) is 0 Å². The molecule has 0 aromatic carbocycles. The molecular formula is C26H36N2O6S. The van der Waals surface area contributed by atoms with Crippen LogP contribution in [0.1, 0.15) is 46.3 Å². The summed E-state index contributed by atoms with van der Waals surface area (Å²) in [5.41, 5.74) is -0.857. The largest absolute Gasteiger partial charge is 0.468 e. The zero-order valence-corrected chi connectivity index (χ0v) is 22.1. The predicted octanol–water partition coefficient (Wildman–Crippen LogP) is 3.47. The van der Waals surface area contributed by atoms with Crippen LogP contribution in [0, 0.1) is 16.7 Å². The number of amides is 2. The van der Waals surface area contributed by atoms with E-state index in [9.17, 15) is 14.4 Å². The predicted molar refractivity (Wildman–Crippen MR) is 132 cm³/mol. The lowest BCUT2D eigenvalue weighted by Crippen LogP contribution is -2.61. The molecule has 8 nitrogen and oxygen atoms in total. The third-order valence-corrected chi connectivity index (χ3v) is 8.31.